The Balaban J connectivity index is 1.93. The molecule has 0 spiro atoms. The molecular weight excluding hydrogens is 296 g/mol. The minimum absolute atomic E-state index is 0.0338. The van der Waals surface area contributed by atoms with Gasteiger partial charge in [0.1, 0.15) is 4.90 Å². The van der Waals surface area contributed by atoms with Gasteiger partial charge in [-0.05, 0) is 31.0 Å². The van der Waals surface area contributed by atoms with Crippen LogP contribution in [0.2, 0.25) is 0 Å². The number of nitrogen functional groups attached to an aromatic ring is 1. The van der Waals surface area contributed by atoms with Gasteiger partial charge in [-0.2, -0.15) is 4.31 Å². The molecule has 2 aliphatic rings. The second-order valence-electron chi connectivity index (χ2n) is 5.34. The summed E-state index contributed by atoms with van der Waals surface area (Å²) in [4.78, 5) is 10.8. The number of benzene rings is 1. The largest absolute Gasteiger partial charge is 0.478 e. The number of hydrogen-bond acceptors (Lipinski definition) is 5. The third-order valence-corrected chi connectivity index (χ3v) is 5.79. The highest BCUT2D eigenvalue weighted by atomic mass is 32.2. The summed E-state index contributed by atoms with van der Waals surface area (Å²) in [6.07, 6.45) is 1.62. The Hall–Kier alpha value is -1.64. The van der Waals surface area contributed by atoms with Gasteiger partial charge in [0.25, 0.3) is 0 Å². The average Bonchev–Trinajstić information content (AvgIpc) is 2.76. The van der Waals surface area contributed by atoms with Crippen molar-refractivity contribution in [1.82, 2.24) is 4.31 Å². The maximum Gasteiger partial charge on any atom is 0.335 e. The van der Waals surface area contributed by atoms with Crippen molar-refractivity contribution in [3.8, 4) is 0 Å². The number of nitrogens with two attached hydrogens (primary N) is 1. The maximum atomic E-state index is 12.7. The van der Waals surface area contributed by atoms with Gasteiger partial charge in [0.15, 0.2) is 0 Å². The molecule has 3 rings (SSSR count). The Morgan fingerprint density at radius 2 is 1.90 bits per heavy atom. The Bertz CT molecular complexity index is 676. The molecule has 0 radical (unpaired) electrons. The van der Waals surface area contributed by atoms with E-state index < -0.39 is 16.0 Å². The second-order valence-corrected chi connectivity index (χ2v) is 7.24. The lowest BCUT2D eigenvalue weighted by molar-refractivity contribution is -0.0114. The van der Waals surface area contributed by atoms with Crippen LogP contribution in [0.5, 0.6) is 0 Å². The zero-order chi connectivity index (χ0) is 15.2. The molecule has 2 aliphatic heterocycles. The van der Waals surface area contributed by atoms with E-state index >= 15 is 0 Å². The molecule has 1 aromatic carbocycles. The molecule has 0 saturated carbocycles. The number of anilines is 1. The second kappa shape index (κ2) is 4.97. The van der Waals surface area contributed by atoms with Crippen LogP contribution in [0, 0.1) is 0 Å². The fraction of sp³-hybridized carbons (Fsp3) is 0.462. The van der Waals surface area contributed by atoms with Gasteiger partial charge in [0, 0.05) is 13.1 Å². The van der Waals surface area contributed by atoms with Gasteiger partial charge >= 0.3 is 5.97 Å². The Labute approximate surface area is 122 Å². The number of ether oxygens (including phenoxy) is 1. The first-order valence-electron chi connectivity index (χ1n) is 6.66. The van der Waals surface area contributed by atoms with Crippen LogP contribution in [0.3, 0.4) is 0 Å². The van der Waals surface area contributed by atoms with E-state index in [0.29, 0.717) is 13.1 Å². The van der Waals surface area contributed by atoms with E-state index in [9.17, 15) is 13.2 Å². The number of rotatable bonds is 3. The van der Waals surface area contributed by atoms with Crippen LogP contribution in [0.4, 0.5) is 5.69 Å². The topological polar surface area (TPSA) is 110 Å². The summed E-state index contributed by atoms with van der Waals surface area (Å²) in [6.45, 7) is 0.637. The maximum absolute atomic E-state index is 12.7. The molecule has 3 N–H and O–H groups in total. The Morgan fingerprint density at radius 1 is 1.29 bits per heavy atom. The lowest BCUT2D eigenvalue weighted by Crippen LogP contribution is -2.45. The van der Waals surface area contributed by atoms with Crippen LogP contribution < -0.4 is 5.73 Å². The first-order chi connectivity index (χ1) is 9.88. The first-order valence-corrected chi connectivity index (χ1v) is 8.10. The summed E-state index contributed by atoms with van der Waals surface area (Å²) in [5.41, 5.74) is 5.66. The third-order valence-electron chi connectivity index (χ3n) is 3.88. The molecule has 0 amide bonds. The van der Waals surface area contributed by atoms with E-state index in [1.807, 2.05) is 0 Å². The van der Waals surface area contributed by atoms with Crippen molar-refractivity contribution in [2.75, 3.05) is 18.8 Å². The lowest BCUT2D eigenvalue weighted by atomic mass is 10.2. The van der Waals surface area contributed by atoms with E-state index in [1.54, 1.807) is 0 Å². The van der Waals surface area contributed by atoms with Crippen molar-refractivity contribution in [3.05, 3.63) is 23.8 Å². The number of carboxylic acids is 1. The van der Waals surface area contributed by atoms with E-state index in [-0.39, 0.29) is 28.4 Å². The quantitative estimate of drug-likeness (QED) is 0.787. The number of morpholine rings is 1. The number of carboxylic acid groups (broad SMARTS) is 1. The van der Waals surface area contributed by atoms with Gasteiger partial charge in [-0.1, -0.05) is 0 Å². The third kappa shape index (κ3) is 2.50. The molecule has 0 aromatic heterocycles. The first kappa shape index (κ1) is 14.3. The smallest absolute Gasteiger partial charge is 0.335 e. The van der Waals surface area contributed by atoms with Crippen LogP contribution in [-0.4, -0.2) is 49.1 Å². The highest BCUT2D eigenvalue weighted by Gasteiger charge is 2.39. The van der Waals surface area contributed by atoms with Crippen molar-refractivity contribution in [1.29, 1.82) is 0 Å². The zero-order valence-corrected chi connectivity index (χ0v) is 12.0. The molecule has 2 bridgehead atoms. The molecule has 114 valence electrons. The van der Waals surface area contributed by atoms with Gasteiger partial charge < -0.3 is 15.6 Å². The summed E-state index contributed by atoms with van der Waals surface area (Å²) in [7, 11) is -3.73. The summed E-state index contributed by atoms with van der Waals surface area (Å²) in [5, 5.41) is 8.90. The summed E-state index contributed by atoms with van der Waals surface area (Å²) < 4.78 is 32.3. The van der Waals surface area contributed by atoms with Crippen molar-refractivity contribution in [3.63, 3.8) is 0 Å². The van der Waals surface area contributed by atoms with E-state index in [2.05, 4.69) is 0 Å². The van der Waals surface area contributed by atoms with Crippen molar-refractivity contribution >= 4 is 21.7 Å². The SMILES string of the molecule is Nc1cc(C(=O)O)ccc1S(=O)(=O)N1CC2CCC(C1)O2. The number of aromatic carboxylic acids is 1. The van der Waals surface area contributed by atoms with Gasteiger partial charge in [-0.25, -0.2) is 13.2 Å². The van der Waals surface area contributed by atoms with Gasteiger partial charge in [-0.15, -0.1) is 0 Å². The highest BCUT2D eigenvalue weighted by molar-refractivity contribution is 7.89. The molecule has 21 heavy (non-hydrogen) atoms. The number of fused-ring (bicyclic) bond motifs is 2. The predicted molar refractivity (Wildman–Crippen MR) is 74.5 cm³/mol. The van der Waals surface area contributed by atoms with Crippen molar-refractivity contribution in [2.45, 2.75) is 29.9 Å². The molecule has 2 unspecified atom stereocenters. The fourth-order valence-electron chi connectivity index (χ4n) is 2.83. The van der Waals surface area contributed by atoms with E-state index in [1.165, 1.54) is 22.5 Å². The van der Waals surface area contributed by atoms with Crippen LogP contribution in [0.1, 0.15) is 23.2 Å². The zero-order valence-electron chi connectivity index (χ0n) is 11.2. The minimum Gasteiger partial charge on any atom is -0.478 e. The number of sulfonamides is 1. The van der Waals surface area contributed by atoms with Crippen LogP contribution in [0.25, 0.3) is 0 Å². The molecule has 2 fully saturated rings. The van der Waals surface area contributed by atoms with Crippen LogP contribution >= 0.6 is 0 Å². The van der Waals surface area contributed by atoms with Crippen LogP contribution in [-0.2, 0) is 14.8 Å². The predicted octanol–water partition coefficient (Wildman–Crippen LogP) is 0.519. The molecule has 7 nitrogen and oxygen atoms in total. The molecule has 1 aromatic rings. The molecule has 8 heteroatoms. The molecule has 2 saturated heterocycles. The summed E-state index contributed by atoms with van der Waals surface area (Å²) >= 11 is 0. The standard InChI is InChI=1S/C13H16N2O5S/c14-11-5-8(13(16)17)1-4-12(11)21(18,19)15-6-9-2-3-10(7-15)20-9/h1,4-5,9-10H,2-3,6-7,14H2,(H,16,17). The average molecular weight is 312 g/mol. The van der Waals surface area contributed by atoms with Crippen LogP contribution in [0.15, 0.2) is 23.1 Å². The Morgan fingerprint density at radius 3 is 2.43 bits per heavy atom. The monoisotopic (exact) mass is 312 g/mol. The van der Waals surface area contributed by atoms with Gasteiger partial charge in [-0.3, -0.25) is 0 Å². The minimum atomic E-state index is -3.73. The number of hydrogen-bond donors (Lipinski definition) is 2. The molecule has 2 heterocycles. The fourth-order valence-corrected chi connectivity index (χ4v) is 4.43. The molecular formula is C13H16N2O5S. The van der Waals surface area contributed by atoms with Gasteiger partial charge in [0.2, 0.25) is 10.0 Å². The highest BCUT2D eigenvalue weighted by Crippen LogP contribution is 2.31. The lowest BCUT2D eigenvalue weighted by Gasteiger charge is -2.31. The van der Waals surface area contributed by atoms with Gasteiger partial charge in [0.05, 0.1) is 23.5 Å². The number of nitrogens with zero attached hydrogens (tertiary/aromatic N) is 1. The van der Waals surface area contributed by atoms with Crippen molar-refractivity contribution in [2.24, 2.45) is 0 Å². The molecule has 0 aliphatic carbocycles. The molecule has 2 atom stereocenters. The Kier molecular flexibility index (Phi) is 3.39. The normalized spacial score (nSPS) is 25.9. The number of carbonyl (C=O) groups is 1. The summed E-state index contributed by atoms with van der Waals surface area (Å²) in [6, 6.07) is 3.68. The van der Waals surface area contributed by atoms with E-state index in [4.69, 9.17) is 15.6 Å². The van der Waals surface area contributed by atoms with E-state index in [0.717, 1.165) is 12.8 Å². The summed E-state index contributed by atoms with van der Waals surface area (Å²) in [5.74, 6) is -1.14. The van der Waals surface area contributed by atoms with Crippen molar-refractivity contribution < 1.29 is 23.1 Å².